The first kappa shape index (κ1) is 37.7. The third-order valence-corrected chi connectivity index (χ3v) is 10.3. The van der Waals surface area contributed by atoms with Gasteiger partial charge in [-0.3, -0.25) is 34.3 Å². The maximum atomic E-state index is 13.3. The van der Waals surface area contributed by atoms with Gasteiger partial charge in [-0.25, -0.2) is 14.6 Å². The van der Waals surface area contributed by atoms with Gasteiger partial charge in [0.1, 0.15) is 47.7 Å². The number of nitrogens with zero attached hydrogens (tertiary/aromatic N) is 6. The first-order valence-electron chi connectivity index (χ1n) is 19.0. The fraction of sp³-hybridized carbons (Fsp3) is 0.341. The number of hydrogen-bond donors (Lipinski definition) is 2. The Morgan fingerprint density at radius 1 is 0.807 bits per heavy atom. The van der Waals surface area contributed by atoms with E-state index >= 15 is 0 Å². The van der Waals surface area contributed by atoms with Crippen LogP contribution in [0.4, 0.5) is 5.82 Å². The number of amides is 4. The second-order valence-electron chi connectivity index (χ2n) is 14.0. The number of benzene rings is 3. The van der Waals surface area contributed by atoms with Gasteiger partial charge in [0.05, 0.1) is 49.0 Å². The van der Waals surface area contributed by atoms with Gasteiger partial charge in [-0.2, -0.15) is 5.10 Å². The lowest BCUT2D eigenvalue weighted by atomic mass is 10.0. The van der Waals surface area contributed by atoms with Gasteiger partial charge in [-0.15, -0.1) is 0 Å². The Balaban J connectivity index is 0.789. The molecular formula is C41H42N8O8. The van der Waals surface area contributed by atoms with Crippen LogP contribution in [0.5, 0.6) is 17.2 Å². The molecular weight excluding hydrogens is 732 g/mol. The molecule has 294 valence electrons. The summed E-state index contributed by atoms with van der Waals surface area (Å²) >= 11 is 0. The van der Waals surface area contributed by atoms with Crippen LogP contribution in [-0.4, -0.2) is 112 Å². The summed E-state index contributed by atoms with van der Waals surface area (Å²) in [6.45, 7) is 4.12. The minimum Gasteiger partial charge on any atom is -0.490 e. The maximum absolute atomic E-state index is 13.3. The summed E-state index contributed by atoms with van der Waals surface area (Å²) in [5, 5.41) is 7.99. The zero-order valence-electron chi connectivity index (χ0n) is 31.2. The van der Waals surface area contributed by atoms with Crippen molar-refractivity contribution in [2.75, 3.05) is 58.4 Å². The zero-order chi connectivity index (χ0) is 39.3. The van der Waals surface area contributed by atoms with Gasteiger partial charge in [0.25, 0.3) is 11.8 Å². The van der Waals surface area contributed by atoms with E-state index < -0.39 is 29.7 Å². The highest BCUT2D eigenvalue weighted by Crippen LogP contribution is 2.36. The van der Waals surface area contributed by atoms with Crippen molar-refractivity contribution >= 4 is 40.5 Å². The Kier molecular flexibility index (Phi) is 11.2. The summed E-state index contributed by atoms with van der Waals surface area (Å²) in [4.78, 5) is 62.4. The van der Waals surface area contributed by atoms with Crippen molar-refractivity contribution in [3.05, 3.63) is 90.3 Å². The van der Waals surface area contributed by atoms with Crippen molar-refractivity contribution in [1.82, 2.24) is 34.9 Å². The molecule has 3 aliphatic heterocycles. The number of ether oxygens (including phenoxy) is 4. The highest BCUT2D eigenvalue weighted by atomic mass is 16.5. The first-order chi connectivity index (χ1) is 27.9. The Morgan fingerprint density at radius 3 is 2.39 bits per heavy atom. The number of fused-ring (bicyclic) bond motifs is 2. The number of likely N-dealkylation sites (tertiary alicyclic amines) is 1. The van der Waals surface area contributed by atoms with Gasteiger partial charge in [0.15, 0.2) is 5.65 Å². The Morgan fingerprint density at radius 2 is 1.58 bits per heavy atom. The Hall–Kier alpha value is -6.23. The highest BCUT2D eigenvalue weighted by molar-refractivity contribution is 6.24. The topological polar surface area (TPSA) is 193 Å². The molecule has 0 aliphatic carbocycles. The predicted molar refractivity (Wildman–Crippen MR) is 207 cm³/mol. The molecule has 2 unspecified atom stereocenters. The van der Waals surface area contributed by atoms with Crippen LogP contribution in [0.2, 0.25) is 0 Å². The number of hydrogen-bond acceptors (Lipinski definition) is 13. The van der Waals surface area contributed by atoms with Crippen LogP contribution in [0.1, 0.15) is 52.4 Å². The number of nitrogens with one attached hydrogen (secondary N) is 1. The Bertz CT molecular complexity index is 2280. The molecule has 8 rings (SSSR count). The molecule has 57 heavy (non-hydrogen) atoms. The lowest BCUT2D eigenvalue weighted by Crippen LogP contribution is -2.54. The smallest absolute Gasteiger partial charge is 0.266 e. The predicted octanol–water partition coefficient (Wildman–Crippen LogP) is 4.02. The summed E-state index contributed by atoms with van der Waals surface area (Å²) < 4.78 is 25.4. The summed E-state index contributed by atoms with van der Waals surface area (Å²) in [7, 11) is 0. The summed E-state index contributed by atoms with van der Waals surface area (Å²) in [6, 6.07) is 21.2. The molecule has 0 radical (unpaired) electrons. The molecule has 3 aliphatic rings. The van der Waals surface area contributed by atoms with Gasteiger partial charge in [0, 0.05) is 25.1 Å². The van der Waals surface area contributed by atoms with Crippen molar-refractivity contribution in [2.24, 2.45) is 0 Å². The average molecular weight is 775 g/mol. The fourth-order valence-corrected chi connectivity index (χ4v) is 7.52. The monoisotopic (exact) mass is 774 g/mol. The second-order valence-corrected chi connectivity index (χ2v) is 14.0. The molecule has 2 aromatic heterocycles. The van der Waals surface area contributed by atoms with E-state index in [4.69, 9.17) is 29.8 Å². The molecule has 5 heterocycles. The first-order valence-corrected chi connectivity index (χ1v) is 19.0. The molecule has 2 atom stereocenters. The molecule has 16 nitrogen and oxygen atoms in total. The normalized spacial score (nSPS) is 18.6. The van der Waals surface area contributed by atoms with E-state index in [1.54, 1.807) is 12.1 Å². The number of anilines is 1. The Labute approximate surface area is 327 Å². The number of carbonyl (C=O) groups excluding carboxylic acids is 4. The molecule has 0 spiro atoms. The van der Waals surface area contributed by atoms with E-state index in [1.807, 2.05) is 59.3 Å². The number of nitrogens with two attached hydrogens (primary N) is 1. The van der Waals surface area contributed by atoms with Gasteiger partial charge in [-0.1, -0.05) is 24.3 Å². The van der Waals surface area contributed by atoms with Crippen molar-refractivity contribution in [3.8, 4) is 28.5 Å². The van der Waals surface area contributed by atoms with Crippen molar-refractivity contribution in [1.29, 1.82) is 0 Å². The summed E-state index contributed by atoms with van der Waals surface area (Å²) in [5.74, 6) is -0.191. The highest BCUT2D eigenvalue weighted by Gasteiger charge is 2.46. The van der Waals surface area contributed by atoms with E-state index in [9.17, 15) is 19.2 Å². The molecule has 3 aromatic carbocycles. The number of aromatic nitrogens is 4. The molecule has 0 saturated carbocycles. The SMILES string of the molecule is Nc1ncnc2c1c(-c1ccc(Oc3ccccc3)cc1)nn2C1CCCN(CCOCCOCCOc2cccc3c2C(=O)N(C2CCC(=O)NC2=O)C3=O)C1. The lowest BCUT2D eigenvalue weighted by Gasteiger charge is -2.32. The van der Waals surface area contributed by atoms with Crippen LogP contribution in [0.15, 0.2) is 79.1 Å². The van der Waals surface area contributed by atoms with Crippen LogP contribution < -0.4 is 20.5 Å². The molecule has 5 aromatic rings. The summed E-state index contributed by atoms with van der Waals surface area (Å²) in [6.07, 6.45) is 3.56. The van der Waals surface area contributed by atoms with E-state index in [-0.39, 0.29) is 49.0 Å². The van der Waals surface area contributed by atoms with Crippen molar-refractivity contribution in [3.63, 3.8) is 0 Å². The van der Waals surface area contributed by atoms with Crippen LogP contribution in [-0.2, 0) is 19.1 Å². The largest absolute Gasteiger partial charge is 0.490 e. The van der Waals surface area contributed by atoms with Crippen LogP contribution in [0.25, 0.3) is 22.3 Å². The minimum absolute atomic E-state index is 0.0496. The van der Waals surface area contributed by atoms with E-state index in [0.29, 0.717) is 31.3 Å². The minimum atomic E-state index is -1.04. The van der Waals surface area contributed by atoms with Gasteiger partial charge >= 0.3 is 0 Å². The van der Waals surface area contributed by atoms with Crippen molar-refractivity contribution < 1.29 is 38.1 Å². The summed E-state index contributed by atoms with van der Waals surface area (Å²) in [5.41, 5.74) is 9.00. The second kappa shape index (κ2) is 16.9. The standard InChI is InChI=1S/C41H42N8O8/c42-37-35-36(26-11-13-29(14-12-26)57-28-7-2-1-3-8-28)46-49(38(35)44-25-43-37)27-6-5-17-47(24-27)18-19-54-20-21-55-22-23-56-32-10-4-9-30-34(32)41(53)48(40(30)52)31-15-16-33(50)45-39(31)51/h1-4,7-14,25,27,31H,5-6,15-24H2,(H2,42,43,44)(H,45,50,51). The molecule has 2 fully saturated rings. The van der Waals surface area contributed by atoms with Gasteiger partial charge < -0.3 is 24.7 Å². The zero-order valence-corrected chi connectivity index (χ0v) is 31.2. The number of rotatable bonds is 15. The third-order valence-electron chi connectivity index (χ3n) is 10.3. The molecule has 0 bridgehead atoms. The lowest BCUT2D eigenvalue weighted by molar-refractivity contribution is -0.136. The molecule has 3 N–H and O–H groups in total. The van der Waals surface area contributed by atoms with Crippen LogP contribution in [0, 0.1) is 0 Å². The number of nitrogen functional groups attached to an aromatic ring is 1. The fourth-order valence-electron chi connectivity index (χ4n) is 7.52. The van der Waals surface area contributed by atoms with E-state index in [2.05, 4.69) is 20.2 Å². The molecule has 4 amide bonds. The van der Waals surface area contributed by atoms with Gasteiger partial charge in [-0.05, 0) is 74.3 Å². The van der Waals surface area contributed by atoms with Crippen LogP contribution >= 0.6 is 0 Å². The third kappa shape index (κ3) is 8.05. The maximum Gasteiger partial charge on any atom is 0.266 e. The average Bonchev–Trinajstić information content (AvgIpc) is 3.74. The molecule has 16 heteroatoms. The van der Waals surface area contributed by atoms with Crippen molar-refractivity contribution in [2.45, 2.75) is 37.8 Å². The van der Waals surface area contributed by atoms with Gasteiger partial charge in [0.2, 0.25) is 11.8 Å². The van der Waals surface area contributed by atoms with E-state index in [1.165, 1.54) is 12.4 Å². The molecule has 2 saturated heterocycles. The number of para-hydroxylation sites is 1. The quantitative estimate of drug-likeness (QED) is 0.115. The van der Waals surface area contributed by atoms with E-state index in [0.717, 1.165) is 65.5 Å². The number of piperidine rings is 2. The number of carbonyl (C=O) groups is 4. The number of imide groups is 2. The van der Waals surface area contributed by atoms with Crippen LogP contribution in [0.3, 0.4) is 0 Å².